The Morgan fingerprint density at radius 3 is 2.81 bits per heavy atom. The van der Waals surface area contributed by atoms with Crippen LogP contribution in [0.1, 0.15) is 23.0 Å². The molecule has 0 fully saturated rings. The van der Waals surface area contributed by atoms with Crippen molar-refractivity contribution in [3.8, 4) is 22.6 Å². The van der Waals surface area contributed by atoms with Crippen LogP contribution < -0.4 is 9.47 Å². The zero-order valence-electron chi connectivity index (χ0n) is 19.2. The van der Waals surface area contributed by atoms with E-state index in [1.54, 1.807) is 6.92 Å². The number of rotatable bonds is 5. The van der Waals surface area contributed by atoms with E-state index >= 15 is 0 Å². The summed E-state index contributed by atoms with van der Waals surface area (Å²) >= 11 is 1.18. The maximum Gasteiger partial charge on any atom is 0.355 e. The molecule has 9 heteroatoms. The number of aromatic nitrogens is 3. The topological polar surface area (TPSA) is 88.6 Å². The molecule has 3 aromatic carbocycles. The fourth-order valence-electron chi connectivity index (χ4n) is 4.82. The van der Waals surface area contributed by atoms with Crippen LogP contribution >= 0.6 is 11.7 Å². The minimum Gasteiger partial charge on any atom is -0.461 e. The molecule has 0 unspecified atom stereocenters. The van der Waals surface area contributed by atoms with Gasteiger partial charge in [-0.1, -0.05) is 24.3 Å². The number of carbonyl (C=O) groups excluding carboxylic acids is 1. The summed E-state index contributed by atoms with van der Waals surface area (Å²) in [5.74, 6) is 0.875. The summed E-state index contributed by atoms with van der Waals surface area (Å²) in [4.78, 5) is 13.5. The zero-order chi connectivity index (χ0) is 24.2. The zero-order valence-corrected chi connectivity index (χ0v) is 20.0. The number of hydrogen-bond acceptors (Lipinski definition) is 8. The Balaban J connectivity index is 1.53. The molecule has 0 radical (unpaired) electrons. The van der Waals surface area contributed by atoms with Crippen LogP contribution in [0.4, 0.5) is 0 Å². The van der Waals surface area contributed by atoms with E-state index in [0.717, 1.165) is 38.6 Å². The lowest BCUT2D eigenvalue weighted by atomic mass is 10.0. The van der Waals surface area contributed by atoms with Crippen molar-refractivity contribution in [2.75, 3.05) is 13.4 Å². The molecule has 1 aliphatic heterocycles. The highest BCUT2D eigenvalue weighted by Crippen LogP contribution is 2.44. The maximum absolute atomic E-state index is 13.5. The molecule has 7 rings (SSSR count). The van der Waals surface area contributed by atoms with Gasteiger partial charge < -0.3 is 23.2 Å². The van der Waals surface area contributed by atoms with Gasteiger partial charge in [-0.25, -0.2) is 4.79 Å². The first-order valence-corrected chi connectivity index (χ1v) is 12.3. The third-order valence-corrected chi connectivity index (χ3v) is 6.92. The number of fused-ring (bicyclic) bond motifs is 5. The Morgan fingerprint density at radius 2 is 1.89 bits per heavy atom. The second-order valence-corrected chi connectivity index (χ2v) is 8.99. The number of para-hydroxylation sites is 1. The van der Waals surface area contributed by atoms with Gasteiger partial charge >= 0.3 is 5.97 Å². The molecule has 0 atom stereocenters. The van der Waals surface area contributed by atoms with E-state index in [1.807, 2.05) is 65.2 Å². The van der Waals surface area contributed by atoms with Gasteiger partial charge in [-0.2, -0.15) is 8.75 Å². The van der Waals surface area contributed by atoms with Crippen LogP contribution in [0.5, 0.6) is 11.5 Å². The predicted octanol–water partition coefficient (Wildman–Crippen LogP) is 6.01. The fourth-order valence-corrected chi connectivity index (χ4v) is 5.34. The third kappa shape index (κ3) is 3.16. The summed E-state index contributed by atoms with van der Waals surface area (Å²) < 4.78 is 33.7. The number of benzene rings is 3. The van der Waals surface area contributed by atoms with Crippen LogP contribution in [-0.4, -0.2) is 32.7 Å². The number of carbonyl (C=O) groups is 1. The van der Waals surface area contributed by atoms with E-state index in [4.69, 9.17) is 18.6 Å². The monoisotopic (exact) mass is 497 g/mol. The summed E-state index contributed by atoms with van der Waals surface area (Å²) in [5.41, 5.74) is 6.72. The number of ether oxygens (including phenoxy) is 3. The van der Waals surface area contributed by atoms with E-state index in [1.165, 1.54) is 11.7 Å². The average Bonchev–Trinajstić information content (AvgIpc) is 3.66. The minimum atomic E-state index is -0.419. The molecule has 8 nitrogen and oxygen atoms in total. The van der Waals surface area contributed by atoms with Crippen LogP contribution in [0, 0.1) is 0 Å². The fraction of sp³-hybridized carbons (Fsp3) is 0.148. The highest BCUT2D eigenvalue weighted by atomic mass is 32.1. The molecule has 0 bridgehead atoms. The van der Waals surface area contributed by atoms with Gasteiger partial charge in [0.2, 0.25) is 6.79 Å². The van der Waals surface area contributed by atoms with Crippen molar-refractivity contribution in [3.63, 3.8) is 0 Å². The highest BCUT2D eigenvalue weighted by molar-refractivity contribution is 7.00. The maximum atomic E-state index is 13.5. The van der Waals surface area contributed by atoms with Crippen molar-refractivity contribution in [2.45, 2.75) is 13.5 Å². The smallest absolute Gasteiger partial charge is 0.355 e. The van der Waals surface area contributed by atoms with E-state index in [2.05, 4.69) is 8.75 Å². The van der Waals surface area contributed by atoms with Crippen molar-refractivity contribution in [1.29, 1.82) is 0 Å². The number of furan rings is 1. The first-order chi connectivity index (χ1) is 17.7. The first-order valence-electron chi connectivity index (χ1n) is 11.5. The van der Waals surface area contributed by atoms with Crippen LogP contribution in [-0.2, 0) is 11.3 Å². The highest BCUT2D eigenvalue weighted by Gasteiger charge is 2.30. The lowest BCUT2D eigenvalue weighted by Gasteiger charge is -2.12. The second-order valence-electron chi connectivity index (χ2n) is 8.46. The standard InChI is InChI=1S/C27H19N3O5S/c1-2-32-27(31)25-23(16-8-10-21-22(12-16)34-14-33-21)26-24(17-5-3-4-6-20(17)35-26)30(25)13-15-7-9-18-19(11-15)29-36-28-18/h3-12H,2,13-14H2,1H3. The third-order valence-electron chi connectivity index (χ3n) is 6.36. The van der Waals surface area contributed by atoms with Crippen molar-refractivity contribution in [2.24, 2.45) is 0 Å². The molecule has 178 valence electrons. The predicted molar refractivity (Wildman–Crippen MR) is 136 cm³/mol. The molecule has 0 N–H and O–H groups in total. The summed E-state index contributed by atoms with van der Waals surface area (Å²) in [5, 5.41) is 0.918. The molecule has 1 aliphatic rings. The molecule has 36 heavy (non-hydrogen) atoms. The van der Waals surface area contributed by atoms with E-state index < -0.39 is 5.97 Å². The Labute approximate surface area is 208 Å². The van der Waals surface area contributed by atoms with Gasteiger partial charge in [0.05, 0.1) is 29.4 Å². The van der Waals surface area contributed by atoms with Crippen LogP contribution in [0.2, 0.25) is 0 Å². The van der Waals surface area contributed by atoms with E-state index in [9.17, 15) is 4.79 Å². The quantitative estimate of drug-likeness (QED) is 0.269. The molecule has 0 amide bonds. The lowest BCUT2D eigenvalue weighted by molar-refractivity contribution is 0.0516. The van der Waals surface area contributed by atoms with Gasteiger partial charge in [-0.05, 0) is 54.4 Å². The Hall–Kier alpha value is -4.37. The van der Waals surface area contributed by atoms with Gasteiger partial charge in [0.15, 0.2) is 17.1 Å². The SMILES string of the molecule is CCOC(=O)c1c(-c2ccc3c(c2)OCO3)c2oc3ccccc3c2n1Cc1ccc2nsnc2c1. The summed E-state index contributed by atoms with van der Waals surface area (Å²) in [7, 11) is 0. The number of nitrogens with zero attached hydrogens (tertiary/aromatic N) is 3. The molecule has 3 aromatic heterocycles. The number of hydrogen-bond donors (Lipinski definition) is 0. The molecule has 0 saturated heterocycles. The van der Waals surface area contributed by atoms with Gasteiger partial charge in [0.25, 0.3) is 0 Å². The molecule has 0 spiro atoms. The number of esters is 1. The molecular weight excluding hydrogens is 478 g/mol. The lowest BCUT2D eigenvalue weighted by Crippen LogP contribution is -2.14. The second kappa shape index (κ2) is 8.10. The van der Waals surface area contributed by atoms with E-state index in [-0.39, 0.29) is 13.4 Å². The van der Waals surface area contributed by atoms with Crippen LogP contribution in [0.3, 0.4) is 0 Å². The Kier molecular flexibility index (Phi) is 4.71. The average molecular weight is 498 g/mol. The molecule has 0 saturated carbocycles. The van der Waals surface area contributed by atoms with Gasteiger partial charge in [-0.3, -0.25) is 0 Å². The summed E-state index contributed by atoms with van der Waals surface area (Å²) in [6.07, 6.45) is 0. The largest absolute Gasteiger partial charge is 0.461 e. The van der Waals surface area contributed by atoms with E-state index in [0.29, 0.717) is 34.9 Å². The Bertz CT molecular complexity index is 1800. The Morgan fingerprint density at radius 1 is 1.03 bits per heavy atom. The van der Waals surface area contributed by atoms with Crippen LogP contribution in [0.15, 0.2) is 65.1 Å². The molecule has 0 aliphatic carbocycles. The summed E-state index contributed by atoms with van der Waals surface area (Å²) in [6.45, 7) is 2.64. The first kappa shape index (κ1) is 21.0. The van der Waals surface area contributed by atoms with Crippen molar-refractivity contribution in [3.05, 3.63) is 71.9 Å². The summed E-state index contributed by atoms with van der Waals surface area (Å²) in [6, 6.07) is 19.4. The molecule has 4 heterocycles. The molecular formula is C27H19N3O5S. The molecule has 6 aromatic rings. The van der Waals surface area contributed by atoms with Gasteiger partial charge in [-0.15, -0.1) is 0 Å². The van der Waals surface area contributed by atoms with Crippen molar-refractivity contribution >= 4 is 50.8 Å². The van der Waals surface area contributed by atoms with Gasteiger partial charge in [0, 0.05) is 11.9 Å². The van der Waals surface area contributed by atoms with Crippen LogP contribution in [0.25, 0.3) is 44.2 Å². The normalized spacial score (nSPS) is 12.7. The minimum absolute atomic E-state index is 0.165. The van der Waals surface area contributed by atoms with Gasteiger partial charge in [0.1, 0.15) is 22.3 Å². The van der Waals surface area contributed by atoms with Crippen molar-refractivity contribution < 1.29 is 23.4 Å². The van der Waals surface area contributed by atoms with Crippen molar-refractivity contribution in [1.82, 2.24) is 13.3 Å².